The molecular weight excluding hydrogens is 268 g/mol. The van der Waals surface area contributed by atoms with Gasteiger partial charge in [-0.3, -0.25) is 4.79 Å². The molecule has 0 bridgehead atoms. The summed E-state index contributed by atoms with van der Waals surface area (Å²) in [7, 11) is 0. The van der Waals surface area contributed by atoms with Gasteiger partial charge in [-0.2, -0.15) is 0 Å². The molecule has 2 aromatic rings. The quantitative estimate of drug-likeness (QED) is 0.843. The van der Waals surface area contributed by atoms with Gasteiger partial charge in [0.2, 0.25) is 0 Å². The van der Waals surface area contributed by atoms with Crippen molar-refractivity contribution in [3.05, 3.63) is 43.6 Å². The minimum Gasteiger partial charge on any atom is -0.326 e. The Kier molecular flexibility index (Phi) is 2.86. The number of rotatable bonds is 1. The van der Waals surface area contributed by atoms with E-state index in [0.29, 0.717) is 5.56 Å². The first-order valence-corrected chi connectivity index (χ1v) is 5.85. The highest BCUT2D eigenvalue weighted by Crippen LogP contribution is 2.27. The van der Waals surface area contributed by atoms with Gasteiger partial charge in [-0.1, -0.05) is 15.9 Å². The summed E-state index contributed by atoms with van der Waals surface area (Å²) < 4.78 is 1.08. The molecule has 0 fully saturated rings. The first kappa shape index (κ1) is 11.4. The van der Waals surface area contributed by atoms with Crippen LogP contribution in [0.5, 0.6) is 0 Å². The van der Waals surface area contributed by atoms with Crippen molar-refractivity contribution in [3.8, 4) is 0 Å². The number of pyridine rings is 1. The van der Waals surface area contributed by atoms with Crippen molar-refractivity contribution in [1.29, 1.82) is 0 Å². The standard InChI is InChI=1S/C12H13BrN2O/c1-6-3-10-9(7(2)11(6)13)4-8(5-14)12(16)15-10/h3-4H,5,14H2,1-2H3,(H,15,16). The lowest BCUT2D eigenvalue weighted by Crippen LogP contribution is -2.15. The van der Waals surface area contributed by atoms with E-state index in [0.717, 1.165) is 26.5 Å². The Bertz CT molecular complexity index is 616. The van der Waals surface area contributed by atoms with Crippen LogP contribution in [0, 0.1) is 13.8 Å². The normalized spacial score (nSPS) is 11.0. The maximum atomic E-state index is 11.6. The number of halogens is 1. The predicted molar refractivity (Wildman–Crippen MR) is 69.6 cm³/mol. The highest BCUT2D eigenvalue weighted by atomic mass is 79.9. The lowest BCUT2D eigenvalue weighted by atomic mass is 10.0. The maximum Gasteiger partial charge on any atom is 0.252 e. The summed E-state index contributed by atoms with van der Waals surface area (Å²) in [5.74, 6) is 0. The second-order valence-electron chi connectivity index (χ2n) is 3.92. The fraction of sp³-hybridized carbons (Fsp3) is 0.250. The number of hydrogen-bond donors (Lipinski definition) is 2. The van der Waals surface area contributed by atoms with Crippen LogP contribution in [-0.2, 0) is 6.54 Å². The molecule has 0 radical (unpaired) electrons. The third-order valence-electron chi connectivity index (χ3n) is 2.81. The second-order valence-corrected chi connectivity index (χ2v) is 4.71. The molecule has 0 saturated carbocycles. The van der Waals surface area contributed by atoms with Crippen LogP contribution in [0.15, 0.2) is 21.4 Å². The van der Waals surface area contributed by atoms with Crippen LogP contribution in [-0.4, -0.2) is 4.98 Å². The molecule has 0 atom stereocenters. The summed E-state index contributed by atoms with van der Waals surface area (Å²) in [4.78, 5) is 14.5. The zero-order valence-electron chi connectivity index (χ0n) is 9.23. The van der Waals surface area contributed by atoms with Crippen LogP contribution in [0.25, 0.3) is 10.9 Å². The topological polar surface area (TPSA) is 58.9 Å². The summed E-state index contributed by atoms with van der Waals surface area (Å²) in [5.41, 5.74) is 9.14. The molecule has 0 amide bonds. The zero-order chi connectivity index (χ0) is 11.9. The highest BCUT2D eigenvalue weighted by Gasteiger charge is 2.08. The van der Waals surface area contributed by atoms with Crippen LogP contribution in [0.3, 0.4) is 0 Å². The molecule has 1 aromatic carbocycles. The van der Waals surface area contributed by atoms with Gasteiger partial charge in [0.25, 0.3) is 5.56 Å². The fourth-order valence-corrected chi connectivity index (χ4v) is 2.19. The Morgan fingerprint density at radius 1 is 1.38 bits per heavy atom. The number of benzene rings is 1. The largest absolute Gasteiger partial charge is 0.326 e. The van der Waals surface area contributed by atoms with Gasteiger partial charge in [0.1, 0.15) is 0 Å². The van der Waals surface area contributed by atoms with Crippen LogP contribution in [0.1, 0.15) is 16.7 Å². The third kappa shape index (κ3) is 1.68. The van der Waals surface area contributed by atoms with Gasteiger partial charge < -0.3 is 10.7 Å². The number of fused-ring (bicyclic) bond motifs is 1. The SMILES string of the molecule is Cc1cc2[nH]c(=O)c(CN)cc2c(C)c1Br. The summed E-state index contributed by atoms with van der Waals surface area (Å²) in [6, 6.07) is 3.84. The fourth-order valence-electron chi connectivity index (χ4n) is 1.86. The molecule has 0 aliphatic heterocycles. The molecule has 0 saturated heterocycles. The van der Waals surface area contributed by atoms with Crippen molar-refractivity contribution in [2.24, 2.45) is 5.73 Å². The van der Waals surface area contributed by atoms with Gasteiger partial charge in [-0.25, -0.2) is 0 Å². The van der Waals surface area contributed by atoms with Crippen molar-refractivity contribution >= 4 is 26.8 Å². The van der Waals surface area contributed by atoms with E-state index in [1.54, 1.807) is 0 Å². The molecule has 84 valence electrons. The van der Waals surface area contributed by atoms with Crippen LogP contribution >= 0.6 is 15.9 Å². The van der Waals surface area contributed by atoms with Gasteiger partial charge in [0.05, 0.1) is 0 Å². The number of hydrogen-bond acceptors (Lipinski definition) is 2. The van der Waals surface area contributed by atoms with E-state index >= 15 is 0 Å². The second kappa shape index (κ2) is 4.03. The molecule has 2 rings (SSSR count). The molecule has 0 unspecified atom stereocenters. The lowest BCUT2D eigenvalue weighted by molar-refractivity contribution is 1.03. The van der Waals surface area contributed by atoms with Crippen LogP contribution in [0.4, 0.5) is 0 Å². The molecule has 3 N–H and O–H groups in total. The Hall–Kier alpha value is -1.13. The van der Waals surface area contributed by atoms with Gasteiger partial charge in [0.15, 0.2) is 0 Å². The summed E-state index contributed by atoms with van der Waals surface area (Å²) in [5, 5.41) is 1.04. The molecule has 0 spiro atoms. The van der Waals surface area contributed by atoms with E-state index in [1.807, 2.05) is 26.0 Å². The van der Waals surface area contributed by atoms with Gasteiger partial charge in [0, 0.05) is 27.5 Å². The minimum atomic E-state index is -0.101. The maximum absolute atomic E-state index is 11.6. The zero-order valence-corrected chi connectivity index (χ0v) is 10.8. The van der Waals surface area contributed by atoms with Crippen molar-refractivity contribution in [2.45, 2.75) is 20.4 Å². The van der Waals surface area contributed by atoms with E-state index in [1.165, 1.54) is 0 Å². The van der Waals surface area contributed by atoms with Gasteiger partial charge >= 0.3 is 0 Å². The smallest absolute Gasteiger partial charge is 0.252 e. The summed E-state index contributed by atoms with van der Waals surface area (Å²) >= 11 is 3.54. The average molecular weight is 281 g/mol. The number of aromatic amines is 1. The first-order valence-electron chi connectivity index (χ1n) is 5.06. The first-order chi connectivity index (χ1) is 7.54. The van der Waals surface area contributed by atoms with E-state index in [9.17, 15) is 4.79 Å². The lowest BCUT2D eigenvalue weighted by Gasteiger charge is -2.09. The van der Waals surface area contributed by atoms with Crippen LogP contribution < -0.4 is 11.3 Å². The van der Waals surface area contributed by atoms with Crippen molar-refractivity contribution in [1.82, 2.24) is 4.98 Å². The number of aryl methyl sites for hydroxylation is 2. The average Bonchev–Trinajstić information content (AvgIpc) is 2.26. The summed E-state index contributed by atoms with van der Waals surface area (Å²) in [6.07, 6.45) is 0. The predicted octanol–water partition coefficient (Wildman–Crippen LogP) is 2.37. The number of aromatic nitrogens is 1. The Labute approximate surface area is 102 Å². The monoisotopic (exact) mass is 280 g/mol. The van der Waals surface area contributed by atoms with Crippen molar-refractivity contribution < 1.29 is 0 Å². The van der Waals surface area contributed by atoms with Gasteiger partial charge in [-0.15, -0.1) is 0 Å². The Balaban J connectivity index is 2.92. The van der Waals surface area contributed by atoms with Crippen molar-refractivity contribution in [3.63, 3.8) is 0 Å². The third-order valence-corrected chi connectivity index (χ3v) is 4.03. The molecule has 0 aliphatic rings. The van der Waals surface area contributed by atoms with E-state index in [2.05, 4.69) is 20.9 Å². The van der Waals surface area contributed by atoms with E-state index in [4.69, 9.17) is 5.73 Å². The molecule has 1 heterocycles. The van der Waals surface area contributed by atoms with Crippen LogP contribution in [0.2, 0.25) is 0 Å². The number of nitrogens with one attached hydrogen (secondary N) is 1. The summed E-state index contributed by atoms with van der Waals surface area (Å²) in [6.45, 7) is 4.29. The van der Waals surface area contributed by atoms with E-state index < -0.39 is 0 Å². The Morgan fingerprint density at radius 2 is 2.06 bits per heavy atom. The van der Waals surface area contributed by atoms with Gasteiger partial charge in [-0.05, 0) is 37.1 Å². The minimum absolute atomic E-state index is 0.101. The number of nitrogens with two attached hydrogens (primary N) is 1. The molecule has 4 heteroatoms. The molecule has 3 nitrogen and oxygen atoms in total. The molecular formula is C12H13BrN2O. The Morgan fingerprint density at radius 3 is 2.69 bits per heavy atom. The van der Waals surface area contributed by atoms with Crippen molar-refractivity contribution in [2.75, 3.05) is 0 Å². The van der Waals surface area contributed by atoms with E-state index in [-0.39, 0.29) is 12.1 Å². The highest BCUT2D eigenvalue weighted by molar-refractivity contribution is 9.10. The molecule has 16 heavy (non-hydrogen) atoms. The molecule has 0 aliphatic carbocycles. The molecule has 1 aromatic heterocycles. The number of H-pyrrole nitrogens is 1.